The van der Waals surface area contributed by atoms with E-state index in [-0.39, 0.29) is 11.7 Å². The van der Waals surface area contributed by atoms with Crippen LogP contribution in [0.1, 0.15) is 10.7 Å². The van der Waals surface area contributed by atoms with E-state index in [0.29, 0.717) is 10.3 Å². The second-order valence-corrected chi connectivity index (χ2v) is 7.33. The maximum absolute atomic E-state index is 12.1. The third kappa shape index (κ3) is 3.99. The molecule has 25 heavy (non-hydrogen) atoms. The van der Waals surface area contributed by atoms with Gasteiger partial charge in [0.15, 0.2) is 10.3 Å². The monoisotopic (exact) mass is 375 g/mol. The zero-order valence-electron chi connectivity index (χ0n) is 14.0. The van der Waals surface area contributed by atoms with E-state index in [1.165, 1.54) is 23.1 Å². The first-order chi connectivity index (χ1) is 12.1. The van der Waals surface area contributed by atoms with Gasteiger partial charge in [-0.05, 0) is 26.0 Å². The maximum Gasteiger partial charge on any atom is 0.236 e. The van der Waals surface area contributed by atoms with Gasteiger partial charge < -0.3 is 10.1 Å². The second-order valence-electron chi connectivity index (χ2n) is 5.15. The summed E-state index contributed by atoms with van der Waals surface area (Å²) in [5.74, 6) is 1.52. The fraction of sp³-hybridized carbons (Fsp3) is 0.250. The number of carbonyl (C=O) groups excluding carboxylic acids is 1. The van der Waals surface area contributed by atoms with Crippen LogP contribution in [-0.2, 0) is 4.79 Å². The van der Waals surface area contributed by atoms with Gasteiger partial charge in [-0.1, -0.05) is 23.9 Å². The molecule has 1 amide bonds. The van der Waals surface area contributed by atoms with Crippen LogP contribution in [-0.4, -0.2) is 38.5 Å². The fourth-order valence-corrected chi connectivity index (χ4v) is 3.70. The first-order valence-electron chi connectivity index (χ1n) is 7.49. The Morgan fingerprint density at radius 3 is 2.84 bits per heavy atom. The number of aryl methyl sites for hydroxylation is 2. The Labute approximate surface area is 153 Å². The predicted molar refractivity (Wildman–Crippen MR) is 98.9 cm³/mol. The molecule has 0 bridgehead atoms. The molecule has 0 unspecified atom stereocenters. The number of anilines is 1. The molecule has 9 heteroatoms. The lowest BCUT2D eigenvalue weighted by atomic mass is 10.3. The molecular formula is C16H17N5O2S2. The number of hydrogen-bond donors (Lipinski definition) is 1. The molecule has 0 atom stereocenters. The molecule has 0 spiro atoms. The maximum atomic E-state index is 12.1. The van der Waals surface area contributed by atoms with Crippen LogP contribution in [0.2, 0.25) is 0 Å². The Balaban J connectivity index is 1.74. The number of methoxy groups -OCH3 is 1. The molecular weight excluding hydrogens is 358 g/mol. The highest BCUT2D eigenvalue weighted by Gasteiger charge is 2.16. The molecule has 0 saturated carbocycles. The Kier molecular flexibility index (Phi) is 5.34. The number of nitrogens with one attached hydrogen (secondary N) is 1. The Hall–Kier alpha value is -2.39. The summed E-state index contributed by atoms with van der Waals surface area (Å²) in [7, 11) is 1.62. The fourth-order valence-electron chi connectivity index (χ4n) is 2.23. The first-order valence-corrected chi connectivity index (χ1v) is 9.29. The summed E-state index contributed by atoms with van der Waals surface area (Å²) < 4.78 is 7.29. The van der Waals surface area contributed by atoms with Crippen molar-refractivity contribution < 1.29 is 9.53 Å². The number of amides is 1. The van der Waals surface area contributed by atoms with Crippen molar-refractivity contribution in [2.75, 3.05) is 18.2 Å². The largest absolute Gasteiger partial charge is 0.495 e. The molecule has 2 aromatic heterocycles. The quantitative estimate of drug-likeness (QED) is 0.667. The van der Waals surface area contributed by atoms with E-state index in [0.717, 1.165) is 22.1 Å². The van der Waals surface area contributed by atoms with Crippen LogP contribution >= 0.6 is 23.1 Å². The van der Waals surface area contributed by atoms with Gasteiger partial charge in [0.1, 0.15) is 11.6 Å². The third-order valence-corrected chi connectivity index (χ3v) is 5.08. The molecule has 0 aliphatic heterocycles. The van der Waals surface area contributed by atoms with Crippen molar-refractivity contribution in [3.63, 3.8) is 0 Å². The SMILES string of the molecule is COc1ccccc1-n1c(C)nnc1SCC(=O)Nc1ncc(C)s1. The number of aromatic nitrogens is 4. The average Bonchev–Trinajstić information content (AvgIpc) is 3.18. The summed E-state index contributed by atoms with van der Waals surface area (Å²) in [5, 5.41) is 12.3. The van der Waals surface area contributed by atoms with Crippen molar-refractivity contribution in [1.82, 2.24) is 19.7 Å². The molecule has 0 aliphatic carbocycles. The van der Waals surface area contributed by atoms with Crippen LogP contribution in [0.15, 0.2) is 35.6 Å². The van der Waals surface area contributed by atoms with Gasteiger partial charge in [-0.25, -0.2) is 4.98 Å². The molecule has 130 valence electrons. The molecule has 1 N–H and O–H groups in total. The van der Waals surface area contributed by atoms with E-state index >= 15 is 0 Å². The van der Waals surface area contributed by atoms with Crippen molar-refractivity contribution in [2.45, 2.75) is 19.0 Å². The van der Waals surface area contributed by atoms with Gasteiger partial charge in [0.2, 0.25) is 5.91 Å². The van der Waals surface area contributed by atoms with Crippen molar-refractivity contribution in [1.29, 1.82) is 0 Å². The zero-order valence-corrected chi connectivity index (χ0v) is 15.6. The minimum Gasteiger partial charge on any atom is -0.495 e. The normalized spacial score (nSPS) is 10.7. The summed E-state index contributed by atoms with van der Waals surface area (Å²) in [5.41, 5.74) is 0.839. The lowest BCUT2D eigenvalue weighted by Crippen LogP contribution is -2.14. The average molecular weight is 375 g/mol. The van der Waals surface area contributed by atoms with Crippen LogP contribution in [0.4, 0.5) is 5.13 Å². The predicted octanol–water partition coefficient (Wildman–Crippen LogP) is 3.08. The van der Waals surface area contributed by atoms with Crippen molar-refractivity contribution in [2.24, 2.45) is 0 Å². The van der Waals surface area contributed by atoms with Crippen molar-refractivity contribution in [3.05, 3.63) is 41.2 Å². The Morgan fingerprint density at radius 1 is 1.32 bits per heavy atom. The smallest absolute Gasteiger partial charge is 0.236 e. The minimum absolute atomic E-state index is 0.133. The summed E-state index contributed by atoms with van der Waals surface area (Å²) in [6, 6.07) is 7.62. The number of carbonyl (C=O) groups is 1. The van der Waals surface area contributed by atoms with E-state index in [1.54, 1.807) is 13.3 Å². The first kappa shape index (κ1) is 17.4. The highest BCUT2D eigenvalue weighted by Crippen LogP contribution is 2.28. The molecule has 1 aromatic carbocycles. The lowest BCUT2D eigenvalue weighted by Gasteiger charge is -2.12. The van der Waals surface area contributed by atoms with Crippen LogP contribution in [0.5, 0.6) is 5.75 Å². The van der Waals surface area contributed by atoms with E-state index in [4.69, 9.17) is 4.74 Å². The molecule has 0 fully saturated rings. The topological polar surface area (TPSA) is 81.9 Å². The summed E-state index contributed by atoms with van der Waals surface area (Å²) in [6.07, 6.45) is 1.73. The zero-order chi connectivity index (χ0) is 17.8. The number of nitrogens with zero attached hydrogens (tertiary/aromatic N) is 4. The number of rotatable bonds is 6. The number of hydrogen-bond acceptors (Lipinski definition) is 7. The van der Waals surface area contributed by atoms with Crippen molar-refractivity contribution in [3.8, 4) is 11.4 Å². The number of thioether (sulfide) groups is 1. The van der Waals surface area contributed by atoms with Gasteiger partial charge in [0.05, 0.1) is 18.6 Å². The molecule has 0 saturated heterocycles. The molecule has 2 heterocycles. The Morgan fingerprint density at radius 2 is 2.12 bits per heavy atom. The molecule has 0 radical (unpaired) electrons. The van der Waals surface area contributed by atoms with E-state index < -0.39 is 0 Å². The van der Waals surface area contributed by atoms with E-state index in [2.05, 4.69) is 20.5 Å². The van der Waals surface area contributed by atoms with Gasteiger partial charge in [-0.15, -0.1) is 21.5 Å². The minimum atomic E-state index is -0.133. The number of ether oxygens (including phenoxy) is 1. The Bertz CT molecular complexity index is 890. The van der Waals surface area contributed by atoms with Gasteiger partial charge >= 0.3 is 0 Å². The number of benzene rings is 1. The summed E-state index contributed by atoms with van der Waals surface area (Å²) in [4.78, 5) is 17.3. The highest BCUT2D eigenvalue weighted by atomic mass is 32.2. The van der Waals surface area contributed by atoms with Gasteiger partial charge in [0.25, 0.3) is 0 Å². The second kappa shape index (κ2) is 7.66. The van der Waals surface area contributed by atoms with Gasteiger partial charge in [-0.3, -0.25) is 9.36 Å². The molecule has 7 nitrogen and oxygen atoms in total. The molecule has 3 aromatic rings. The lowest BCUT2D eigenvalue weighted by molar-refractivity contribution is -0.113. The van der Waals surface area contributed by atoms with E-state index in [1.807, 2.05) is 42.7 Å². The number of para-hydroxylation sites is 2. The summed E-state index contributed by atoms with van der Waals surface area (Å²) >= 11 is 2.76. The van der Waals surface area contributed by atoms with Crippen LogP contribution < -0.4 is 10.1 Å². The van der Waals surface area contributed by atoms with Gasteiger partial charge in [0, 0.05) is 11.1 Å². The summed E-state index contributed by atoms with van der Waals surface area (Å²) in [6.45, 7) is 3.81. The van der Waals surface area contributed by atoms with Crippen LogP contribution in [0, 0.1) is 13.8 Å². The highest BCUT2D eigenvalue weighted by molar-refractivity contribution is 7.99. The van der Waals surface area contributed by atoms with Gasteiger partial charge in [-0.2, -0.15) is 0 Å². The molecule has 3 rings (SSSR count). The number of thiazole rings is 1. The standard InChI is InChI=1S/C16H17N5O2S2/c1-10-8-17-15(25-10)18-14(22)9-24-16-20-19-11(2)21(16)12-6-4-5-7-13(12)23-3/h4-8H,9H2,1-3H3,(H,17,18,22). The van der Waals surface area contributed by atoms with Crippen molar-refractivity contribution >= 4 is 34.1 Å². The molecule has 0 aliphatic rings. The third-order valence-electron chi connectivity index (χ3n) is 3.32. The van der Waals surface area contributed by atoms with Crippen LogP contribution in [0.25, 0.3) is 5.69 Å². The van der Waals surface area contributed by atoms with E-state index in [9.17, 15) is 4.79 Å². The van der Waals surface area contributed by atoms with Crippen LogP contribution in [0.3, 0.4) is 0 Å².